The number of benzene rings is 1. The first-order valence-electron chi connectivity index (χ1n) is 4.15. The third-order valence-electron chi connectivity index (χ3n) is 1.68. The maximum atomic E-state index is 10.7. The van der Waals surface area contributed by atoms with Crippen LogP contribution in [-0.4, -0.2) is 12.9 Å². The Kier molecular flexibility index (Phi) is 3.72. The van der Waals surface area contributed by atoms with E-state index in [1.807, 2.05) is 13.0 Å². The van der Waals surface area contributed by atoms with Crippen LogP contribution < -0.4 is 4.74 Å². The predicted molar refractivity (Wildman–Crippen MR) is 57.1 cm³/mol. The fourth-order valence-corrected chi connectivity index (χ4v) is 1.10. The highest BCUT2D eigenvalue weighted by Crippen LogP contribution is 2.18. The molecule has 1 aromatic carbocycles. The van der Waals surface area contributed by atoms with Gasteiger partial charge in [0.15, 0.2) is 6.29 Å². The Balaban J connectivity index is 2.85. The van der Waals surface area contributed by atoms with Crippen molar-refractivity contribution in [3.05, 3.63) is 40.9 Å². The molecule has 2 nitrogen and oxygen atoms in total. The van der Waals surface area contributed by atoms with Crippen LogP contribution in [-0.2, 0) is 0 Å². The molecule has 0 heterocycles. The van der Waals surface area contributed by atoms with E-state index in [0.29, 0.717) is 16.3 Å². The Morgan fingerprint density at radius 1 is 1.64 bits per heavy atom. The molecule has 0 saturated carbocycles. The maximum absolute atomic E-state index is 10.7. The highest BCUT2D eigenvalue weighted by molar-refractivity contribution is 6.29. The van der Waals surface area contributed by atoms with Gasteiger partial charge in [-0.2, -0.15) is 0 Å². The fraction of sp³-hybridized carbons (Fsp3) is 0.182. The summed E-state index contributed by atoms with van der Waals surface area (Å²) in [6.45, 7) is 5.62. The van der Waals surface area contributed by atoms with Crippen molar-refractivity contribution in [1.29, 1.82) is 0 Å². The van der Waals surface area contributed by atoms with E-state index >= 15 is 0 Å². The Labute approximate surface area is 88.1 Å². The number of aryl methyl sites for hydroxylation is 1. The number of hydrogen-bond acceptors (Lipinski definition) is 2. The molecule has 0 aromatic heterocycles. The Hall–Kier alpha value is -1.28. The molecule has 0 aliphatic carbocycles. The number of carbonyl (C=O) groups is 1. The molecule has 0 aliphatic heterocycles. The second-order valence-corrected chi connectivity index (χ2v) is 3.50. The average Bonchev–Trinajstić information content (AvgIpc) is 2.15. The summed E-state index contributed by atoms with van der Waals surface area (Å²) in [5, 5.41) is 0.405. The molecule has 3 heteroatoms. The van der Waals surface area contributed by atoms with E-state index in [0.717, 1.165) is 11.8 Å². The Morgan fingerprint density at radius 3 is 2.93 bits per heavy atom. The van der Waals surface area contributed by atoms with Crippen LogP contribution in [0.25, 0.3) is 0 Å². The lowest BCUT2D eigenvalue weighted by atomic mass is 10.1. The SMILES string of the molecule is C=C(Cl)COc1ccc(C)cc1C=O. The highest BCUT2D eigenvalue weighted by Gasteiger charge is 2.02. The van der Waals surface area contributed by atoms with E-state index in [1.165, 1.54) is 0 Å². The van der Waals surface area contributed by atoms with Crippen LogP contribution >= 0.6 is 11.6 Å². The van der Waals surface area contributed by atoms with Crippen molar-refractivity contribution in [2.45, 2.75) is 6.92 Å². The van der Waals surface area contributed by atoms with Crippen LogP contribution in [0.5, 0.6) is 5.75 Å². The predicted octanol–water partition coefficient (Wildman–Crippen LogP) is 2.94. The van der Waals surface area contributed by atoms with Crippen molar-refractivity contribution < 1.29 is 9.53 Å². The molecule has 0 amide bonds. The molecule has 0 unspecified atom stereocenters. The first kappa shape index (κ1) is 10.8. The van der Waals surface area contributed by atoms with Gasteiger partial charge in [-0.05, 0) is 19.1 Å². The van der Waals surface area contributed by atoms with Gasteiger partial charge in [0.05, 0.1) is 5.56 Å². The second kappa shape index (κ2) is 4.82. The monoisotopic (exact) mass is 210 g/mol. The molecule has 0 fully saturated rings. The van der Waals surface area contributed by atoms with Crippen LogP contribution in [0, 0.1) is 6.92 Å². The van der Waals surface area contributed by atoms with Crippen molar-refractivity contribution >= 4 is 17.9 Å². The van der Waals surface area contributed by atoms with Crippen molar-refractivity contribution in [1.82, 2.24) is 0 Å². The summed E-state index contributed by atoms with van der Waals surface area (Å²) in [5.41, 5.74) is 1.55. The van der Waals surface area contributed by atoms with Crippen LogP contribution in [0.4, 0.5) is 0 Å². The van der Waals surface area contributed by atoms with E-state index in [1.54, 1.807) is 12.1 Å². The zero-order valence-electron chi connectivity index (χ0n) is 7.92. The summed E-state index contributed by atoms with van der Waals surface area (Å²) in [4.78, 5) is 10.7. The van der Waals surface area contributed by atoms with Gasteiger partial charge in [-0.25, -0.2) is 0 Å². The number of rotatable bonds is 4. The molecular weight excluding hydrogens is 200 g/mol. The van der Waals surface area contributed by atoms with Crippen molar-refractivity contribution in [2.75, 3.05) is 6.61 Å². The smallest absolute Gasteiger partial charge is 0.153 e. The van der Waals surface area contributed by atoms with Gasteiger partial charge in [0, 0.05) is 5.03 Å². The summed E-state index contributed by atoms with van der Waals surface area (Å²) >= 11 is 5.55. The summed E-state index contributed by atoms with van der Waals surface area (Å²) < 4.78 is 5.28. The third kappa shape index (κ3) is 2.89. The number of ether oxygens (including phenoxy) is 1. The fourth-order valence-electron chi connectivity index (χ4n) is 1.05. The summed E-state index contributed by atoms with van der Waals surface area (Å²) in [5.74, 6) is 0.535. The zero-order valence-corrected chi connectivity index (χ0v) is 8.67. The van der Waals surface area contributed by atoms with Gasteiger partial charge in [0.25, 0.3) is 0 Å². The maximum Gasteiger partial charge on any atom is 0.153 e. The molecular formula is C11H11ClO2. The number of carbonyl (C=O) groups excluding carboxylic acids is 1. The lowest BCUT2D eigenvalue weighted by Gasteiger charge is -2.07. The van der Waals surface area contributed by atoms with Gasteiger partial charge in [-0.3, -0.25) is 4.79 Å². The first-order chi connectivity index (χ1) is 6.63. The summed E-state index contributed by atoms with van der Waals surface area (Å²) in [6.07, 6.45) is 0.763. The lowest BCUT2D eigenvalue weighted by Crippen LogP contribution is -1.99. The minimum Gasteiger partial charge on any atom is -0.487 e. The van der Waals surface area contributed by atoms with Crippen molar-refractivity contribution in [3.63, 3.8) is 0 Å². The van der Waals surface area contributed by atoms with Gasteiger partial charge in [-0.1, -0.05) is 29.8 Å². The normalized spacial score (nSPS) is 9.57. The number of hydrogen-bond donors (Lipinski definition) is 0. The largest absolute Gasteiger partial charge is 0.487 e. The molecule has 1 aromatic rings. The molecule has 0 N–H and O–H groups in total. The molecule has 0 atom stereocenters. The Bertz CT molecular complexity index is 358. The van der Waals surface area contributed by atoms with Crippen molar-refractivity contribution in [2.24, 2.45) is 0 Å². The van der Waals surface area contributed by atoms with Crippen molar-refractivity contribution in [3.8, 4) is 5.75 Å². The average molecular weight is 211 g/mol. The molecule has 0 aliphatic rings. The van der Waals surface area contributed by atoms with Crippen LogP contribution in [0.1, 0.15) is 15.9 Å². The lowest BCUT2D eigenvalue weighted by molar-refractivity contribution is 0.112. The van der Waals surface area contributed by atoms with Gasteiger partial charge in [-0.15, -0.1) is 0 Å². The minimum absolute atomic E-state index is 0.214. The van der Waals surface area contributed by atoms with Gasteiger partial charge in [0.1, 0.15) is 12.4 Å². The minimum atomic E-state index is 0.214. The topological polar surface area (TPSA) is 26.3 Å². The standard InChI is InChI=1S/C11H11ClO2/c1-8-3-4-11(10(5-8)6-13)14-7-9(2)12/h3-6H,2,7H2,1H3. The highest BCUT2D eigenvalue weighted by atomic mass is 35.5. The zero-order chi connectivity index (χ0) is 10.6. The molecule has 0 radical (unpaired) electrons. The molecule has 0 bridgehead atoms. The van der Waals surface area contributed by atoms with Crippen LogP contribution in [0.15, 0.2) is 29.8 Å². The van der Waals surface area contributed by atoms with E-state index in [2.05, 4.69) is 6.58 Å². The summed E-state index contributed by atoms with van der Waals surface area (Å²) in [7, 11) is 0. The van der Waals surface area contributed by atoms with E-state index in [9.17, 15) is 4.79 Å². The van der Waals surface area contributed by atoms with Crippen LogP contribution in [0.2, 0.25) is 0 Å². The van der Waals surface area contributed by atoms with E-state index < -0.39 is 0 Å². The number of halogens is 1. The number of aldehydes is 1. The Morgan fingerprint density at radius 2 is 2.36 bits per heavy atom. The van der Waals surface area contributed by atoms with Gasteiger partial charge >= 0.3 is 0 Å². The molecule has 0 saturated heterocycles. The molecule has 1 rings (SSSR count). The van der Waals surface area contributed by atoms with Gasteiger partial charge in [0.2, 0.25) is 0 Å². The summed E-state index contributed by atoms with van der Waals surface area (Å²) in [6, 6.07) is 5.39. The van der Waals surface area contributed by atoms with Gasteiger partial charge < -0.3 is 4.74 Å². The second-order valence-electron chi connectivity index (χ2n) is 2.97. The van der Waals surface area contributed by atoms with Crippen LogP contribution in [0.3, 0.4) is 0 Å². The van der Waals surface area contributed by atoms with E-state index in [4.69, 9.17) is 16.3 Å². The van der Waals surface area contributed by atoms with E-state index in [-0.39, 0.29) is 6.61 Å². The first-order valence-corrected chi connectivity index (χ1v) is 4.53. The molecule has 74 valence electrons. The molecule has 0 spiro atoms. The third-order valence-corrected chi connectivity index (χ3v) is 1.79. The quantitative estimate of drug-likeness (QED) is 0.715. The molecule has 14 heavy (non-hydrogen) atoms.